The van der Waals surface area contributed by atoms with Crippen LogP contribution in [0, 0.1) is 5.82 Å². The summed E-state index contributed by atoms with van der Waals surface area (Å²) in [5.41, 5.74) is 12.2. The van der Waals surface area contributed by atoms with Crippen LogP contribution in [0.5, 0.6) is 0 Å². The lowest BCUT2D eigenvalue weighted by Gasteiger charge is -2.31. The monoisotopic (exact) mass is 542 g/mol. The van der Waals surface area contributed by atoms with Gasteiger partial charge in [-0.1, -0.05) is 12.1 Å². The van der Waals surface area contributed by atoms with Gasteiger partial charge in [0, 0.05) is 25.5 Å². The van der Waals surface area contributed by atoms with Crippen LogP contribution >= 0.6 is 11.5 Å². The maximum absolute atomic E-state index is 13.9. The molecular weight excluding hydrogens is 515 g/mol. The van der Waals surface area contributed by atoms with E-state index >= 15 is 0 Å². The zero-order chi connectivity index (χ0) is 28.0. The number of amides is 3. The molecular formula is C25H27FN6O5S. The van der Waals surface area contributed by atoms with Crippen LogP contribution in [0.15, 0.2) is 48.5 Å². The van der Waals surface area contributed by atoms with Crippen LogP contribution < -0.4 is 26.6 Å². The van der Waals surface area contributed by atoms with E-state index in [1.165, 1.54) is 12.1 Å². The van der Waals surface area contributed by atoms with E-state index in [-0.39, 0.29) is 28.6 Å². The van der Waals surface area contributed by atoms with Gasteiger partial charge in [0.15, 0.2) is 5.69 Å². The molecule has 13 heteroatoms. The van der Waals surface area contributed by atoms with Gasteiger partial charge >= 0.3 is 5.97 Å². The van der Waals surface area contributed by atoms with E-state index in [0.717, 1.165) is 22.7 Å². The highest BCUT2D eigenvalue weighted by Gasteiger charge is 2.36. The molecule has 3 rings (SSSR count). The second-order valence-electron chi connectivity index (χ2n) is 8.20. The number of benzene rings is 2. The topological polar surface area (TPSA) is 161 Å². The Balaban J connectivity index is 2.16. The van der Waals surface area contributed by atoms with Crippen LogP contribution in [0.1, 0.15) is 38.7 Å². The quantitative estimate of drug-likeness (QED) is 0.328. The minimum Gasteiger partial charge on any atom is -0.465 e. The fourth-order valence-corrected chi connectivity index (χ4v) is 4.31. The normalized spacial score (nSPS) is 11.4. The summed E-state index contributed by atoms with van der Waals surface area (Å²) in [6, 6.07) is 10.4. The maximum atomic E-state index is 13.9. The second kappa shape index (κ2) is 12.1. The van der Waals surface area contributed by atoms with Crippen molar-refractivity contribution in [1.82, 2.24) is 9.69 Å². The number of ether oxygens (including phenoxy) is 1. The third-order valence-corrected chi connectivity index (χ3v) is 6.27. The molecule has 0 spiro atoms. The number of carbonyl (C=O) groups excluding carboxylic acids is 4. The SMILES string of the molecule is CCOC(=O)CNC(=O)C(c1ccc(N(C)C)cc1)N(C(=O)c1snc(C(N)=O)c1N)c1ccc(F)cc1. The van der Waals surface area contributed by atoms with E-state index in [4.69, 9.17) is 16.2 Å². The summed E-state index contributed by atoms with van der Waals surface area (Å²) < 4.78 is 22.6. The minimum atomic E-state index is -1.34. The third kappa shape index (κ3) is 6.24. The summed E-state index contributed by atoms with van der Waals surface area (Å²) in [4.78, 5) is 53.9. The Labute approximate surface area is 222 Å². The average molecular weight is 543 g/mol. The first-order chi connectivity index (χ1) is 18.0. The van der Waals surface area contributed by atoms with E-state index in [1.54, 1.807) is 31.2 Å². The number of aromatic nitrogens is 1. The summed E-state index contributed by atoms with van der Waals surface area (Å²) in [6.45, 7) is 1.31. The molecule has 200 valence electrons. The smallest absolute Gasteiger partial charge is 0.325 e. The maximum Gasteiger partial charge on any atom is 0.325 e. The van der Waals surface area contributed by atoms with Gasteiger partial charge in [0.05, 0.1) is 12.3 Å². The number of hydrogen-bond acceptors (Lipinski definition) is 9. The van der Waals surface area contributed by atoms with Gasteiger partial charge in [-0.2, -0.15) is 4.37 Å². The van der Waals surface area contributed by atoms with Crippen LogP contribution in [0.25, 0.3) is 0 Å². The molecule has 0 fully saturated rings. The predicted molar refractivity (Wildman–Crippen MR) is 141 cm³/mol. The molecule has 3 aromatic rings. The summed E-state index contributed by atoms with van der Waals surface area (Å²) in [7, 11) is 3.69. The van der Waals surface area contributed by atoms with Crippen molar-refractivity contribution in [2.75, 3.05) is 42.8 Å². The first-order valence-electron chi connectivity index (χ1n) is 11.4. The van der Waals surface area contributed by atoms with Gasteiger partial charge in [-0.05, 0) is 60.4 Å². The number of anilines is 3. The Morgan fingerprint density at radius 3 is 2.18 bits per heavy atom. The van der Waals surface area contributed by atoms with E-state index < -0.39 is 42.1 Å². The molecule has 0 radical (unpaired) electrons. The molecule has 1 unspecified atom stereocenters. The van der Waals surface area contributed by atoms with Crippen molar-refractivity contribution in [3.05, 3.63) is 70.5 Å². The van der Waals surface area contributed by atoms with Crippen molar-refractivity contribution >= 4 is 52.3 Å². The Hall–Kier alpha value is -4.52. The fraction of sp³-hybridized carbons (Fsp3) is 0.240. The van der Waals surface area contributed by atoms with Crippen molar-refractivity contribution in [2.45, 2.75) is 13.0 Å². The number of carbonyl (C=O) groups is 4. The second-order valence-corrected chi connectivity index (χ2v) is 8.97. The molecule has 1 aromatic heterocycles. The average Bonchev–Trinajstić information content (AvgIpc) is 3.28. The number of hydrogen-bond donors (Lipinski definition) is 3. The molecule has 2 aromatic carbocycles. The Morgan fingerprint density at radius 2 is 1.66 bits per heavy atom. The molecule has 38 heavy (non-hydrogen) atoms. The van der Waals surface area contributed by atoms with E-state index in [1.807, 2.05) is 19.0 Å². The standard InChI is InChI=1S/C25H27FN6O5S/c1-4-37-18(33)13-29-24(35)21(14-5-9-16(10-6-14)31(2)3)32(17-11-7-15(26)8-12-17)25(36)22-19(27)20(23(28)34)30-38-22/h5-12,21H,4,13,27H2,1-3H3,(H2,28,34)(H,29,35). The minimum absolute atomic E-state index is 0.122. The van der Waals surface area contributed by atoms with Crippen LogP contribution in [0.3, 0.4) is 0 Å². The fourth-order valence-electron chi connectivity index (χ4n) is 3.56. The number of nitrogens with one attached hydrogen (secondary N) is 1. The van der Waals surface area contributed by atoms with Gasteiger partial charge in [0.25, 0.3) is 11.8 Å². The number of nitrogens with zero attached hydrogens (tertiary/aromatic N) is 3. The Kier molecular flexibility index (Phi) is 8.97. The number of primary amides is 1. The zero-order valence-electron chi connectivity index (χ0n) is 20.9. The third-order valence-electron chi connectivity index (χ3n) is 5.42. The molecule has 0 aliphatic rings. The summed E-state index contributed by atoms with van der Waals surface area (Å²) in [5.74, 6) is -3.65. The zero-order valence-corrected chi connectivity index (χ0v) is 21.8. The molecule has 5 N–H and O–H groups in total. The van der Waals surface area contributed by atoms with Gasteiger partial charge in [0.1, 0.15) is 23.3 Å². The Bertz CT molecular complexity index is 1330. The molecule has 1 atom stereocenters. The number of halogens is 1. The largest absolute Gasteiger partial charge is 0.465 e. The lowest BCUT2D eigenvalue weighted by molar-refractivity contribution is -0.143. The van der Waals surface area contributed by atoms with Crippen molar-refractivity contribution < 1.29 is 28.3 Å². The highest BCUT2D eigenvalue weighted by molar-refractivity contribution is 7.09. The number of nitrogens with two attached hydrogens (primary N) is 2. The predicted octanol–water partition coefficient (Wildman–Crippen LogP) is 2.10. The van der Waals surface area contributed by atoms with Gasteiger partial charge in [-0.25, -0.2) is 4.39 Å². The molecule has 0 bridgehead atoms. The van der Waals surface area contributed by atoms with Crippen LogP contribution in [0.4, 0.5) is 21.5 Å². The van der Waals surface area contributed by atoms with Crippen molar-refractivity contribution in [2.24, 2.45) is 5.73 Å². The van der Waals surface area contributed by atoms with Gasteiger partial charge in [0.2, 0.25) is 5.91 Å². The molecule has 11 nitrogen and oxygen atoms in total. The number of nitrogen functional groups attached to an aromatic ring is 1. The van der Waals surface area contributed by atoms with E-state index in [2.05, 4.69) is 9.69 Å². The molecule has 0 aliphatic carbocycles. The molecule has 0 saturated heterocycles. The molecule has 3 amide bonds. The van der Waals surface area contributed by atoms with Gasteiger partial charge < -0.3 is 26.4 Å². The van der Waals surface area contributed by atoms with Crippen LogP contribution in [-0.2, 0) is 14.3 Å². The molecule has 0 aliphatic heterocycles. The van der Waals surface area contributed by atoms with Crippen molar-refractivity contribution in [3.63, 3.8) is 0 Å². The first-order valence-corrected chi connectivity index (χ1v) is 12.2. The lowest BCUT2D eigenvalue weighted by atomic mass is 10.0. The number of rotatable bonds is 10. The van der Waals surface area contributed by atoms with Crippen LogP contribution in [0.2, 0.25) is 0 Å². The highest BCUT2D eigenvalue weighted by atomic mass is 32.1. The van der Waals surface area contributed by atoms with Gasteiger partial charge in [-0.3, -0.25) is 24.1 Å². The summed E-state index contributed by atoms with van der Waals surface area (Å²) in [5, 5.41) is 2.50. The number of esters is 1. The summed E-state index contributed by atoms with van der Waals surface area (Å²) >= 11 is 0.641. The van der Waals surface area contributed by atoms with Crippen molar-refractivity contribution in [1.29, 1.82) is 0 Å². The van der Waals surface area contributed by atoms with Crippen LogP contribution in [-0.4, -0.2) is 55.3 Å². The van der Waals surface area contributed by atoms with Gasteiger partial charge in [-0.15, -0.1) is 0 Å². The van der Waals surface area contributed by atoms with E-state index in [0.29, 0.717) is 17.1 Å². The highest BCUT2D eigenvalue weighted by Crippen LogP contribution is 2.33. The Morgan fingerprint density at radius 1 is 1.05 bits per heavy atom. The lowest BCUT2D eigenvalue weighted by Crippen LogP contribution is -2.45. The van der Waals surface area contributed by atoms with E-state index in [9.17, 15) is 23.6 Å². The first kappa shape index (κ1) is 28.1. The summed E-state index contributed by atoms with van der Waals surface area (Å²) in [6.07, 6.45) is 0. The molecule has 1 heterocycles. The molecule has 0 saturated carbocycles. The van der Waals surface area contributed by atoms with Crippen molar-refractivity contribution in [3.8, 4) is 0 Å².